The lowest BCUT2D eigenvalue weighted by molar-refractivity contribution is 0.200. The number of hydrogen-bond acceptors (Lipinski definition) is 3. The van der Waals surface area contributed by atoms with Gasteiger partial charge in [-0.25, -0.2) is 0 Å². The second kappa shape index (κ2) is 10.7. The minimum Gasteiger partial charge on any atom is -0.385 e. The lowest BCUT2D eigenvalue weighted by Crippen LogP contribution is -1.92. The van der Waals surface area contributed by atoms with E-state index in [1.807, 2.05) is 23.5 Å². The van der Waals surface area contributed by atoms with Crippen molar-refractivity contribution in [3.8, 4) is 0 Å². The van der Waals surface area contributed by atoms with Crippen LogP contribution in [0.1, 0.15) is 12.8 Å². The van der Waals surface area contributed by atoms with Gasteiger partial charge < -0.3 is 4.74 Å². The maximum atomic E-state index is 4.95. The lowest BCUT2D eigenvalue weighted by atomic mass is 10.5. The molecule has 0 saturated heterocycles. The first-order valence-electron chi connectivity index (χ1n) is 3.97. The van der Waals surface area contributed by atoms with Gasteiger partial charge in [0, 0.05) is 13.7 Å². The minimum atomic E-state index is 0.912. The highest BCUT2D eigenvalue weighted by Crippen LogP contribution is 2.06. The van der Waals surface area contributed by atoms with Crippen LogP contribution >= 0.6 is 23.5 Å². The van der Waals surface area contributed by atoms with Crippen molar-refractivity contribution in [2.24, 2.45) is 0 Å². The molecule has 0 aromatic rings. The molecule has 0 bridgehead atoms. The highest BCUT2D eigenvalue weighted by molar-refractivity contribution is 7.99. The van der Waals surface area contributed by atoms with Crippen molar-refractivity contribution in [2.75, 3.05) is 37.2 Å². The Morgan fingerprint density at radius 2 is 1.82 bits per heavy atom. The van der Waals surface area contributed by atoms with Crippen molar-refractivity contribution < 1.29 is 4.74 Å². The molecule has 0 aliphatic rings. The summed E-state index contributed by atoms with van der Waals surface area (Å²) in [6, 6.07) is 0. The Bertz CT molecular complexity index is 61.1. The van der Waals surface area contributed by atoms with Crippen LogP contribution in [0.3, 0.4) is 0 Å². The molecular weight excluding hydrogens is 176 g/mol. The molecule has 0 aliphatic heterocycles. The number of thioether (sulfide) groups is 2. The van der Waals surface area contributed by atoms with Crippen molar-refractivity contribution in [1.82, 2.24) is 0 Å². The first-order valence-corrected chi connectivity index (χ1v) is 6.52. The van der Waals surface area contributed by atoms with Crippen LogP contribution in [0.5, 0.6) is 0 Å². The van der Waals surface area contributed by atoms with Crippen LogP contribution < -0.4 is 0 Å². The van der Waals surface area contributed by atoms with E-state index in [0.717, 1.165) is 6.61 Å². The smallest absolute Gasteiger partial charge is 0.0470 e. The fourth-order valence-electron chi connectivity index (χ4n) is 0.713. The first kappa shape index (κ1) is 11.7. The summed E-state index contributed by atoms with van der Waals surface area (Å²) in [7, 11) is 1.76. The molecule has 0 heterocycles. The Labute approximate surface area is 78.7 Å². The van der Waals surface area contributed by atoms with Gasteiger partial charge in [0.1, 0.15) is 0 Å². The Morgan fingerprint density at radius 1 is 1.09 bits per heavy atom. The predicted molar refractivity (Wildman–Crippen MR) is 56.8 cm³/mol. The van der Waals surface area contributed by atoms with Crippen LogP contribution in [0, 0.1) is 0 Å². The third-order valence-corrected chi connectivity index (χ3v) is 3.13. The highest BCUT2D eigenvalue weighted by Gasteiger charge is 1.89. The van der Waals surface area contributed by atoms with Gasteiger partial charge in [0.25, 0.3) is 0 Å². The predicted octanol–water partition coefficient (Wildman–Crippen LogP) is 2.51. The standard InChI is InChI=1S/C8H18OS2/c1-9-5-3-7-11-8-4-6-10-2/h3-8H2,1-2H3. The molecule has 0 radical (unpaired) electrons. The zero-order valence-electron chi connectivity index (χ0n) is 7.47. The summed E-state index contributed by atoms with van der Waals surface area (Å²) < 4.78 is 4.95. The molecule has 0 atom stereocenters. The topological polar surface area (TPSA) is 9.23 Å². The molecule has 68 valence electrons. The van der Waals surface area contributed by atoms with Gasteiger partial charge >= 0.3 is 0 Å². The molecule has 11 heavy (non-hydrogen) atoms. The van der Waals surface area contributed by atoms with Crippen LogP contribution in [0.2, 0.25) is 0 Å². The van der Waals surface area contributed by atoms with Crippen molar-refractivity contribution in [3.63, 3.8) is 0 Å². The summed E-state index contributed by atoms with van der Waals surface area (Å²) in [5, 5.41) is 0. The monoisotopic (exact) mass is 194 g/mol. The van der Waals surface area contributed by atoms with Gasteiger partial charge in [-0.1, -0.05) is 0 Å². The van der Waals surface area contributed by atoms with Crippen LogP contribution in [0.25, 0.3) is 0 Å². The Morgan fingerprint density at radius 3 is 2.45 bits per heavy atom. The molecule has 0 fully saturated rings. The summed E-state index contributed by atoms with van der Waals surface area (Å²) in [6.45, 7) is 0.912. The zero-order chi connectivity index (χ0) is 8.36. The van der Waals surface area contributed by atoms with Crippen LogP contribution in [0.4, 0.5) is 0 Å². The summed E-state index contributed by atoms with van der Waals surface area (Å²) in [5.74, 6) is 3.87. The third kappa shape index (κ3) is 10.7. The fourth-order valence-corrected chi connectivity index (χ4v) is 2.20. The summed E-state index contributed by atoms with van der Waals surface area (Å²) >= 11 is 3.97. The largest absolute Gasteiger partial charge is 0.385 e. The Kier molecular flexibility index (Phi) is 11.3. The molecule has 0 saturated carbocycles. The number of methoxy groups -OCH3 is 1. The van der Waals surface area contributed by atoms with E-state index in [4.69, 9.17) is 4.74 Å². The van der Waals surface area contributed by atoms with E-state index in [2.05, 4.69) is 6.26 Å². The molecule has 3 heteroatoms. The summed E-state index contributed by atoms with van der Waals surface area (Å²) in [4.78, 5) is 0. The first-order chi connectivity index (χ1) is 5.41. The quantitative estimate of drug-likeness (QED) is 0.550. The van der Waals surface area contributed by atoms with Crippen molar-refractivity contribution in [3.05, 3.63) is 0 Å². The van der Waals surface area contributed by atoms with E-state index >= 15 is 0 Å². The Hall–Kier alpha value is 0.660. The summed E-state index contributed by atoms with van der Waals surface area (Å²) in [6.07, 6.45) is 4.70. The van der Waals surface area contributed by atoms with Crippen molar-refractivity contribution in [2.45, 2.75) is 12.8 Å². The van der Waals surface area contributed by atoms with E-state index in [1.165, 1.54) is 30.1 Å². The average molecular weight is 194 g/mol. The second-order valence-corrected chi connectivity index (χ2v) is 4.52. The molecule has 1 nitrogen and oxygen atoms in total. The SMILES string of the molecule is COCCCSCCCSC. The van der Waals surface area contributed by atoms with Gasteiger partial charge in [-0.2, -0.15) is 23.5 Å². The number of ether oxygens (including phenoxy) is 1. The average Bonchev–Trinajstić information content (AvgIpc) is 2.03. The van der Waals surface area contributed by atoms with E-state index in [-0.39, 0.29) is 0 Å². The van der Waals surface area contributed by atoms with E-state index < -0.39 is 0 Å². The maximum Gasteiger partial charge on any atom is 0.0470 e. The molecule has 0 amide bonds. The third-order valence-electron chi connectivity index (χ3n) is 1.27. The molecule has 0 N–H and O–H groups in total. The number of rotatable bonds is 8. The molecule has 0 aliphatic carbocycles. The van der Waals surface area contributed by atoms with Gasteiger partial charge in [-0.15, -0.1) is 0 Å². The summed E-state index contributed by atoms with van der Waals surface area (Å²) in [5.41, 5.74) is 0. The Balaban J connectivity index is 2.69. The molecule has 0 unspecified atom stereocenters. The highest BCUT2D eigenvalue weighted by atomic mass is 32.2. The van der Waals surface area contributed by atoms with E-state index in [9.17, 15) is 0 Å². The van der Waals surface area contributed by atoms with E-state index in [1.54, 1.807) is 7.11 Å². The minimum absolute atomic E-state index is 0.912. The van der Waals surface area contributed by atoms with Gasteiger partial charge in [0.15, 0.2) is 0 Å². The maximum absolute atomic E-state index is 4.95. The van der Waals surface area contributed by atoms with Crippen LogP contribution in [0.15, 0.2) is 0 Å². The molecule has 0 aromatic heterocycles. The zero-order valence-corrected chi connectivity index (χ0v) is 9.10. The molecule has 0 spiro atoms. The van der Waals surface area contributed by atoms with Gasteiger partial charge in [-0.05, 0) is 36.4 Å². The second-order valence-electron chi connectivity index (χ2n) is 2.31. The van der Waals surface area contributed by atoms with Crippen LogP contribution in [-0.2, 0) is 4.74 Å². The molecule has 0 aromatic carbocycles. The van der Waals surface area contributed by atoms with E-state index in [0.29, 0.717) is 0 Å². The van der Waals surface area contributed by atoms with Gasteiger partial charge in [-0.3, -0.25) is 0 Å². The fraction of sp³-hybridized carbons (Fsp3) is 1.00. The van der Waals surface area contributed by atoms with Crippen molar-refractivity contribution in [1.29, 1.82) is 0 Å². The molecular formula is C8H18OS2. The number of hydrogen-bond donors (Lipinski definition) is 0. The lowest BCUT2D eigenvalue weighted by Gasteiger charge is -1.99. The van der Waals surface area contributed by atoms with Crippen LogP contribution in [-0.4, -0.2) is 37.2 Å². The molecule has 0 rings (SSSR count). The van der Waals surface area contributed by atoms with Crippen molar-refractivity contribution >= 4 is 23.5 Å². The normalized spacial score (nSPS) is 10.4. The van der Waals surface area contributed by atoms with Gasteiger partial charge in [0.05, 0.1) is 0 Å². The van der Waals surface area contributed by atoms with Gasteiger partial charge in [0.2, 0.25) is 0 Å².